The van der Waals surface area contributed by atoms with Crippen LogP contribution in [0, 0.1) is 5.82 Å². The molecule has 1 aromatic carbocycles. The molecular weight excluding hydrogens is 342 g/mol. The molecule has 0 N–H and O–H groups in total. The number of hydrogen-bond donors (Lipinski definition) is 0. The maximum absolute atomic E-state index is 13.9. The molecule has 1 aromatic rings. The zero-order valence-corrected chi connectivity index (χ0v) is 12.0. The molecule has 0 saturated carbocycles. The summed E-state index contributed by atoms with van der Waals surface area (Å²) in [6, 6.07) is 2.78. The van der Waals surface area contributed by atoms with Crippen molar-refractivity contribution >= 4 is 21.8 Å². The molecule has 110 valence electrons. The Morgan fingerprint density at radius 2 is 1.85 bits per heavy atom. The van der Waals surface area contributed by atoms with E-state index in [9.17, 15) is 22.4 Å². The minimum Gasteiger partial charge on any atom is -0.338 e. The number of nitrogens with zero attached hydrogens (tertiary/aromatic N) is 1. The highest BCUT2D eigenvalue weighted by Crippen LogP contribution is 2.33. The second-order valence-corrected chi connectivity index (χ2v) is 5.93. The fourth-order valence-corrected chi connectivity index (χ4v) is 2.55. The smallest absolute Gasteiger partial charge is 0.338 e. The normalized spacial score (nSPS) is 17.4. The molecule has 1 aliphatic rings. The number of piperidine rings is 1. The third-order valence-electron chi connectivity index (χ3n) is 3.25. The van der Waals surface area contributed by atoms with Gasteiger partial charge in [0, 0.05) is 17.9 Å². The Morgan fingerprint density at radius 1 is 1.25 bits per heavy atom. The molecule has 20 heavy (non-hydrogen) atoms. The van der Waals surface area contributed by atoms with E-state index < -0.39 is 29.0 Å². The summed E-state index contributed by atoms with van der Waals surface area (Å²) in [5.41, 5.74) is -1.92. The van der Waals surface area contributed by atoms with Gasteiger partial charge in [-0.1, -0.05) is 22.0 Å². The topological polar surface area (TPSA) is 20.3 Å². The van der Waals surface area contributed by atoms with Crippen molar-refractivity contribution in [2.24, 2.45) is 0 Å². The first-order valence-corrected chi connectivity index (χ1v) is 7.01. The SMILES string of the molecule is O=C(c1cccc(C(F)(F)F)c1F)N1CCC(Br)CC1. The maximum Gasteiger partial charge on any atom is 0.419 e. The van der Waals surface area contributed by atoms with Gasteiger partial charge in [-0.05, 0) is 25.0 Å². The number of carbonyl (C=O) groups is 1. The van der Waals surface area contributed by atoms with Crippen LogP contribution in [0.2, 0.25) is 0 Å². The van der Waals surface area contributed by atoms with Crippen LogP contribution < -0.4 is 0 Å². The van der Waals surface area contributed by atoms with Crippen LogP contribution in [0.1, 0.15) is 28.8 Å². The molecular formula is C13H12BrF4NO. The van der Waals surface area contributed by atoms with Crippen LogP contribution in [0.15, 0.2) is 18.2 Å². The summed E-state index contributed by atoms with van der Waals surface area (Å²) in [6.07, 6.45) is -3.40. The molecule has 7 heteroatoms. The van der Waals surface area contributed by atoms with E-state index in [1.54, 1.807) is 0 Å². The van der Waals surface area contributed by atoms with Crippen molar-refractivity contribution in [3.8, 4) is 0 Å². The number of benzene rings is 1. The number of carbonyl (C=O) groups excluding carboxylic acids is 1. The molecule has 0 spiro atoms. The van der Waals surface area contributed by atoms with Gasteiger partial charge in [0.15, 0.2) is 0 Å². The Bertz CT molecular complexity index is 510. The van der Waals surface area contributed by atoms with E-state index in [1.165, 1.54) is 4.90 Å². The Labute approximate surface area is 121 Å². The average molecular weight is 354 g/mol. The van der Waals surface area contributed by atoms with E-state index >= 15 is 0 Å². The highest BCUT2D eigenvalue weighted by atomic mass is 79.9. The van der Waals surface area contributed by atoms with E-state index in [0.717, 1.165) is 12.1 Å². The van der Waals surface area contributed by atoms with E-state index in [-0.39, 0.29) is 4.83 Å². The third kappa shape index (κ3) is 3.13. The molecule has 0 atom stereocenters. The number of rotatable bonds is 1. The van der Waals surface area contributed by atoms with Crippen molar-refractivity contribution in [3.63, 3.8) is 0 Å². The molecule has 1 aliphatic heterocycles. The van der Waals surface area contributed by atoms with Gasteiger partial charge in [-0.2, -0.15) is 13.2 Å². The van der Waals surface area contributed by atoms with Crippen molar-refractivity contribution in [1.82, 2.24) is 4.90 Å². The molecule has 0 unspecified atom stereocenters. The molecule has 1 saturated heterocycles. The van der Waals surface area contributed by atoms with Gasteiger partial charge in [0.25, 0.3) is 5.91 Å². The predicted molar refractivity (Wildman–Crippen MR) is 69.3 cm³/mol. The summed E-state index contributed by atoms with van der Waals surface area (Å²) in [6.45, 7) is 0.814. The monoisotopic (exact) mass is 353 g/mol. The summed E-state index contributed by atoms with van der Waals surface area (Å²) >= 11 is 3.41. The first-order valence-electron chi connectivity index (χ1n) is 6.09. The molecule has 0 aromatic heterocycles. The second-order valence-electron chi connectivity index (χ2n) is 4.63. The standard InChI is InChI=1S/C13H12BrF4NO/c14-8-4-6-19(7-5-8)12(20)9-2-1-3-10(11(9)15)13(16,17)18/h1-3,8H,4-7H2. The van der Waals surface area contributed by atoms with Gasteiger partial charge in [0.2, 0.25) is 0 Å². The highest BCUT2D eigenvalue weighted by molar-refractivity contribution is 9.09. The van der Waals surface area contributed by atoms with Crippen LogP contribution in [-0.4, -0.2) is 28.7 Å². The number of amides is 1. The predicted octanol–water partition coefficient (Wildman–Crippen LogP) is 3.84. The van der Waals surface area contributed by atoms with E-state index in [2.05, 4.69) is 15.9 Å². The van der Waals surface area contributed by atoms with E-state index in [1.807, 2.05) is 0 Å². The van der Waals surface area contributed by atoms with Crippen molar-refractivity contribution in [2.45, 2.75) is 23.8 Å². The molecule has 0 aliphatic carbocycles. The van der Waals surface area contributed by atoms with Crippen LogP contribution in [-0.2, 0) is 6.18 Å². The van der Waals surface area contributed by atoms with Crippen LogP contribution in [0.4, 0.5) is 17.6 Å². The fraction of sp³-hybridized carbons (Fsp3) is 0.462. The van der Waals surface area contributed by atoms with Gasteiger partial charge in [0.1, 0.15) is 5.82 Å². The minimum absolute atomic E-state index is 0.290. The van der Waals surface area contributed by atoms with Gasteiger partial charge >= 0.3 is 6.18 Å². The van der Waals surface area contributed by atoms with E-state index in [4.69, 9.17) is 0 Å². The molecule has 0 bridgehead atoms. The Kier molecular flexibility index (Phi) is 4.36. The lowest BCUT2D eigenvalue weighted by atomic mass is 10.1. The Hall–Kier alpha value is -1.11. The maximum atomic E-state index is 13.9. The molecule has 0 radical (unpaired) electrons. The number of halogens is 5. The van der Waals surface area contributed by atoms with Gasteiger partial charge in [-0.15, -0.1) is 0 Å². The second kappa shape index (κ2) is 5.71. The lowest BCUT2D eigenvalue weighted by Gasteiger charge is -2.29. The zero-order valence-electron chi connectivity index (χ0n) is 10.4. The summed E-state index contributed by atoms with van der Waals surface area (Å²) in [5, 5.41) is 0. The van der Waals surface area contributed by atoms with Gasteiger partial charge < -0.3 is 4.90 Å². The van der Waals surface area contributed by atoms with Gasteiger partial charge in [-0.3, -0.25) is 4.79 Å². The molecule has 1 amide bonds. The molecule has 2 nitrogen and oxygen atoms in total. The Morgan fingerprint density at radius 3 is 2.40 bits per heavy atom. The fourth-order valence-electron chi connectivity index (χ4n) is 2.14. The summed E-state index contributed by atoms with van der Waals surface area (Å²) in [4.78, 5) is 13.8. The third-order valence-corrected chi connectivity index (χ3v) is 4.16. The largest absolute Gasteiger partial charge is 0.419 e. The summed E-state index contributed by atoms with van der Waals surface area (Å²) < 4.78 is 51.7. The van der Waals surface area contributed by atoms with Crippen molar-refractivity contribution < 1.29 is 22.4 Å². The number of likely N-dealkylation sites (tertiary alicyclic amines) is 1. The van der Waals surface area contributed by atoms with Gasteiger partial charge in [0.05, 0.1) is 11.1 Å². The number of hydrogen-bond acceptors (Lipinski definition) is 1. The van der Waals surface area contributed by atoms with Crippen molar-refractivity contribution in [1.29, 1.82) is 0 Å². The quantitative estimate of drug-likeness (QED) is 0.554. The van der Waals surface area contributed by atoms with Crippen LogP contribution in [0.5, 0.6) is 0 Å². The number of alkyl halides is 4. The van der Waals surface area contributed by atoms with Crippen LogP contribution in [0.25, 0.3) is 0 Å². The van der Waals surface area contributed by atoms with Gasteiger partial charge in [-0.25, -0.2) is 4.39 Å². The van der Waals surface area contributed by atoms with E-state index in [0.29, 0.717) is 32.0 Å². The summed E-state index contributed by atoms with van der Waals surface area (Å²) in [5.74, 6) is -2.18. The zero-order chi connectivity index (χ0) is 14.9. The first kappa shape index (κ1) is 15.3. The molecule has 1 heterocycles. The first-order chi connectivity index (χ1) is 9.30. The highest BCUT2D eigenvalue weighted by Gasteiger charge is 2.36. The summed E-state index contributed by atoms with van der Waals surface area (Å²) in [7, 11) is 0. The van der Waals surface area contributed by atoms with Crippen LogP contribution in [0.3, 0.4) is 0 Å². The van der Waals surface area contributed by atoms with Crippen molar-refractivity contribution in [3.05, 3.63) is 35.1 Å². The molecule has 1 fully saturated rings. The minimum atomic E-state index is -4.80. The molecule has 2 rings (SSSR count). The lowest BCUT2D eigenvalue weighted by Crippen LogP contribution is -2.39. The van der Waals surface area contributed by atoms with Crippen LogP contribution >= 0.6 is 15.9 Å². The lowest BCUT2D eigenvalue weighted by molar-refractivity contribution is -0.140. The Balaban J connectivity index is 2.27. The van der Waals surface area contributed by atoms with Crippen molar-refractivity contribution in [2.75, 3.05) is 13.1 Å². The average Bonchev–Trinajstić information content (AvgIpc) is 2.37.